The molecule has 3 fully saturated rings. The van der Waals surface area contributed by atoms with Crippen LogP contribution in [0, 0.1) is 34.5 Å². The van der Waals surface area contributed by atoms with Crippen molar-refractivity contribution >= 4 is 0 Å². The van der Waals surface area contributed by atoms with Crippen LogP contribution in [0.25, 0.3) is 0 Å². The SMILES string of the molecule is CC1CC[C@H]2[C@@H]3CC=C4C[C@@H](O)CC[C@]4(C)[C@H]3CC[C@]12C. The molecule has 4 aliphatic carbocycles. The van der Waals surface area contributed by atoms with Crippen molar-refractivity contribution in [2.45, 2.75) is 78.2 Å². The Bertz CT molecular complexity index is 466. The van der Waals surface area contributed by atoms with Crippen LogP contribution in [0.3, 0.4) is 0 Å². The second kappa shape index (κ2) is 4.60. The Morgan fingerprint density at radius 3 is 2.67 bits per heavy atom. The summed E-state index contributed by atoms with van der Waals surface area (Å²) in [6, 6.07) is 0. The van der Waals surface area contributed by atoms with Crippen LogP contribution in [0.5, 0.6) is 0 Å². The van der Waals surface area contributed by atoms with E-state index in [4.69, 9.17) is 0 Å². The molecule has 0 heterocycles. The first-order valence-electron chi connectivity index (χ1n) is 9.33. The summed E-state index contributed by atoms with van der Waals surface area (Å²) in [6.45, 7) is 7.63. The van der Waals surface area contributed by atoms with Gasteiger partial charge in [0.15, 0.2) is 0 Å². The van der Waals surface area contributed by atoms with Gasteiger partial charge in [0, 0.05) is 0 Å². The Kier molecular flexibility index (Phi) is 3.13. The molecule has 0 aromatic heterocycles. The highest BCUT2D eigenvalue weighted by Gasteiger charge is 2.57. The molecule has 0 spiro atoms. The van der Waals surface area contributed by atoms with E-state index >= 15 is 0 Å². The van der Waals surface area contributed by atoms with Crippen LogP contribution in [-0.2, 0) is 0 Å². The van der Waals surface area contributed by atoms with Crippen LogP contribution < -0.4 is 0 Å². The van der Waals surface area contributed by atoms with Gasteiger partial charge in [0.25, 0.3) is 0 Å². The summed E-state index contributed by atoms with van der Waals surface area (Å²) in [5.41, 5.74) is 2.64. The Hall–Kier alpha value is -0.300. The van der Waals surface area contributed by atoms with Gasteiger partial charge in [0.1, 0.15) is 0 Å². The standard InChI is InChI=1S/C20H32O/c1-13-4-7-17-16-6-5-14-12-15(21)8-10-20(14,3)18(16)9-11-19(13,17)2/h5,13,15-18,21H,4,6-12H2,1-3H3/t13?,15-,16-,17-,18-,19+,20-/m0/s1. The Labute approximate surface area is 130 Å². The van der Waals surface area contributed by atoms with Crippen molar-refractivity contribution in [2.75, 3.05) is 0 Å². The second-order valence-corrected chi connectivity index (χ2v) is 9.18. The van der Waals surface area contributed by atoms with Gasteiger partial charge in [-0.3, -0.25) is 0 Å². The third-order valence-electron chi connectivity index (χ3n) is 8.55. The van der Waals surface area contributed by atoms with Crippen molar-refractivity contribution in [2.24, 2.45) is 34.5 Å². The second-order valence-electron chi connectivity index (χ2n) is 9.18. The van der Waals surface area contributed by atoms with Crippen LogP contribution in [0.1, 0.15) is 72.1 Å². The highest BCUT2D eigenvalue weighted by atomic mass is 16.3. The number of aliphatic hydroxyl groups is 1. The minimum atomic E-state index is -0.0683. The maximum Gasteiger partial charge on any atom is 0.0577 e. The lowest BCUT2D eigenvalue weighted by Gasteiger charge is -2.58. The van der Waals surface area contributed by atoms with Gasteiger partial charge in [-0.25, -0.2) is 0 Å². The summed E-state index contributed by atoms with van der Waals surface area (Å²) in [4.78, 5) is 0. The van der Waals surface area contributed by atoms with Gasteiger partial charge in [-0.05, 0) is 85.9 Å². The molecule has 21 heavy (non-hydrogen) atoms. The Morgan fingerprint density at radius 1 is 1.05 bits per heavy atom. The van der Waals surface area contributed by atoms with Gasteiger partial charge in [-0.15, -0.1) is 0 Å². The van der Waals surface area contributed by atoms with E-state index in [1.165, 1.54) is 38.5 Å². The fourth-order valence-corrected chi connectivity index (χ4v) is 6.90. The van der Waals surface area contributed by atoms with Crippen molar-refractivity contribution in [1.82, 2.24) is 0 Å². The van der Waals surface area contributed by atoms with Gasteiger partial charge in [-0.1, -0.05) is 32.4 Å². The van der Waals surface area contributed by atoms with Crippen molar-refractivity contribution in [3.8, 4) is 0 Å². The van der Waals surface area contributed by atoms with E-state index in [9.17, 15) is 5.11 Å². The van der Waals surface area contributed by atoms with Crippen molar-refractivity contribution in [3.63, 3.8) is 0 Å². The van der Waals surface area contributed by atoms with E-state index in [2.05, 4.69) is 26.8 Å². The minimum Gasteiger partial charge on any atom is -0.393 e. The number of aliphatic hydroxyl groups excluding tert-OH is 1. The van der Waals surface area contributed by atoms with E-state index in [0.717, 1.165) is 36.5 Å². The summed E-state index contributed by atoms with van der Waals surface area (Å²) in [5, 5.41) is 10.0. The molecule has 0 saturated heterocycles. The van der Waals surface area contributed by atoms with Gasteiger partial charge in [0.2, 0.25) is 0 Å². The molecule has 1 nitrogen and oxygen atoms in total. The van der Waals surface area contributed by atoms with Gasteiger partial charge >= 0.3 is 0 Å². The minimum absolute atomic E-state index is 0.0683. The maximum absolute atomic E-state index is 10.0. The zero-order valence-electron chi connectivity index (χ0n) is 14.1. The molecule has 4 rings (SSSR count). The van der Waals surface area contributed by atoms with E-state index in [1.807, 2.05) is 0 Å². The van der Waals surface area contributed by atoms with Crippen LogP contribution in [0.4, 0.5) is 0 Å². The normalized spacial score (nSPS) is 56.2. The van der Waals surface area contributed by atoms with E-state index in [1.54, 1.807) is 5.57 Å². The molecule has 0 aromatic carbocycles. The van der Waals surface area contributed by atoms with E-state index in [0.29, 0.717) is 10.8 Å². The summed E-state index contributed by atoms with van der Waals surface area (Å²) in [5.74, 6) is 3.72. The third-order valence-corrected chi connectivity index (χ3v) is 8.55. The molecule has 0 aromatic rings. The summed E-state index contributed by atoms with van der Waals surface area (Å²) >= 11 is 0. The number of hydrogen-bond donors (Lipinski definition) is 1. The first-order chi connectivity index (χ1) is 9.95. The average molecular weight is 288 g/mol. The number of hydrogen-bond acceptors (Lipinski definition) is 1. The van der Waals surface area contributed by atoms with Crippen molar-refractivity contribution in [1.29, 1.82) is 0 Å². The van der Waals surface area contributed by atoms with Gasteiger partial charge < -0.3 is 5.11 Å². The van der Waals surface area contributed by atoms with Crippen LogP contribution in [-0.4, -0.2) is 11.2 Å². The van der Waals surface area contributed by atoms with Crippen LogP contribution >= 0.6 is 0 Å². The van der Waals surface area contributed by atoms with Gasteiger partial charge in [-0.2, -0.15) is 0 Å². The predicted octanol–water partition coefficient (Wildman–Crippen LogP) is 4.95. The lowest BCUT2D eigenvalue weighted by molar-refractivity contribution is -0.0474. The highest BCUT2D eigenvalue weighted by Crippen LogP contribution is 2.66. The molecule has 1 heteroatoms. The fraction of sp³-hybridized carbons (Fsp3) is 0.900. The topological polar surface area (TPSA) is 20.2 Å². The first-order valence-corrected chi connectivity index (χ1v) is 9.33. The Morgan fingerprint density at radius 2 is 1.86 bits per heavy atom. The van der Waals surface area contributed by atoms with Crippen LogP contribution in [0.2, 0.25) is 0 Å². The molecule has 1 N–H and O–H groups in total. The summed E-state index contributed by atoms with van der Waals surface area (Å²) in [7, 11) is 0. The van der Waals surface area contributed by atoms with E-state index in [-0.39, 0.29) is 6.10 Å². The molecule has 0 aliphatic heterocycles. The molecule has 3 saturated carbocycles. The molecular formula is C20H32O. The Balaban J connectivity index is 1.68. The molecule has 1 unspecified atom stereocenters. The largest absolute Gasteiger partial charge is 0.393 e. The molecule has 118 valence electrons. The van der Waals surface area contributed by atoms with Gasteiger partial charge in [0.05, 0.1) is 6.10 Å². The lowest BCUT2D eigenvalue weighted by atomic mass is 9.47. The lowest BCUT2D eigenvalue weighted by Crippen LogP contribution is -2.50. The van der Waals surface area contributed by atoms with Crippen molar-refractivity contribution < 1.29 is 5.11 Å². The average Bonchev–Trinajstić information content (AvgIpc) is 2.76. The van der Waals surface area contributed by atoms with E-state index < -0.39 is 0 Å². The monoisotopic (exact) mass is 288 g/mol. The quantitative estimate of drug-likeness (QED) is 0.626. The first kappa shape index (κ1) is 14.3. The van der Waals surface area contributed by atoms with Crippen LogP contribution in [0.15, 0.2) is 11.6 Å². The molecule has 7 atom stereocenters. The molecule has 4 aliphatic rings. The molecule has 0 bridgehead atoms. The highest BCUT2D eigenvalue weighted by molar-refractivity contribution is 5.25. The molecule has 0 amide bonds. The summed E-state index contributed by atoms with van der Waals surface area (Å²) in [6.07, 6.45) is 12.8. The zero-order valence-corrected chi connectivity index (χ0v) is 14.1. The zero-order chi connectivity index (χ0) is 14.8. The fourth-order valence-electron chi connectivity index (χ4n) is 6.90. The number of rotatable bonds is 0. The third kappa shape index (κ3) is 1.85. The smallest absolute Gasteiger partial charge is 0.0577 e. The molecule has 0 radical (unpaired) electrons. The maximum atomic E-state index is 10.0. The molecular weight excluding hydrogens is 256 g/mol. The summed E-state index contributed by atoms with van der Waals surface area (Å²) < 4.78 is 0. The number of fused-ring (bicyclic) bond motifs is 5. The number of allylic oxidation sites excluding steroid dienone is 1. The van der Waals surface area contributed by atoms with Crippen molar-refractivity contribution in [3.05, 3.63) is 11.6 Å². The predicted molar refractivity (Wildman–Crippen MR) is 86.9 cm³/mol.